The zero-order valence-corrected chi connectivity index (χ0v) is 12.5. The van der Waals surface area contributed by atoms with Crippen molar-refractivity contribution in [1.29, 1.82) is 0 Å². The number of unbranched alkanes of at least 4 members (excludes halogenated alkanes) is 1. The Hall–Kier alpha value is 0.01000. The van der Waals surface area contributed by atoms with Crippen LogP contribution in [0.3, 0.4) is 0 Å². The molecule has 16 heavy (non-hydrogen) atoms. The van der Waals surface area contributed by atoms with E-state index < -0.39 is 0 Å². The van der Waals surface area contributed by atoms with Gasteiger partial charge in [-0.2, -0.15) is 0 Å². The highest BCUT2D eigenvalue weighted by atomic mass is 79.9. The Morgan fingerprint density at radius 3 is 2.81 bits per heavy atom. The van der Waals surface area contributed by atoms with E-state index in [1.165, 1.54) is 33.5 Å². The summed E-state index contributed by atoms with van der Waals surface area (Å²) < 4.78 is 1.17. The van der Waals surface area contributed by atoms with Gasteiger partial charge in [0.15, 0.2) is 0 Å². The van der Waals surface area contributed by atoms with E-state index in [4.69, 9.17) is 0 Å². The molecule has 0 aromatic heterocycles. The molecule has 0 atom stereocenters. The van der Waals surface area contributed by atoms with Gasteiger partial charge in [-0.05, 0) is 36.4 Å². The monoisotopic (exact) mass is 301 g/mol. The van der Waals surface area contributed by atoms with E-state index in [1.807, 2.05) is 11.8 Å². The third-order valence-corrected chi connectivity index (χ3v) is 4.03. The molecule has 1 aromatic carbocycles. The fourth-order valence-electron chi connectivity index (χ4n) is 1.39. The van der Waals surface area contributed by atoms with Gasteiger partial charge in [0.05, 0.1) is 0 Å². The molecular formula is C13H20BrNS. The summed E-state index contributed by atoms with van der Waals surface area (Å²) in [6.45, 7) is 6.37. The first kappa shape index (κ1) is 14.1. The van der Waals surface area contributed by atoms with Crippen LogP contribution >= 0.6 is 27.7 Å². The maximum atomic E-state index is 3.54. The summed E-state index contributed by atoms with van der Waals surface area (Å²) in [5, 5.41) is 3.39. The maximum absolute atomic E-state index is 3.54. The van der Waals surface area contributed by atoms with Gasteiger partial charge in [-0.1, -0.05) is 42.3 Å². The summed E-state index contributed by atoms with van der Waals surface area (Å²) >= 11 is 5.51. The fraction of sp³-hybridized carbons (Fsp3) is 0.538. The molecule has 0 saturated carbocycles. The third-order valence-electron chi connectivity index (χ3n) is 2.35. The second-order valence-electron chi connectivity index (χ2n) is 3.73. The van der Waals surface area contributed by atoms with Crippen LogP contribution in [0.2, 0.25) is 0 Å². The Labute approximate surface area is 112 Å². The average molecular weight is 302 g/mol. The van der Waals surface area contributed by atoms with Crippen molar-refractivity contribution >= 4 is 27.7 Å². The van der Waals surface area contributed by atoms with Gasteiger partial charge in [-0.3, -0.25) is 0 Å². The summed E-state index contributed by atoms with van der Waals surface area (Å²) in [4.78, 5) is 1.41. The lowest BCUT2D eigenvalue weighted by Crippen LogP contribution is -2.12. The molecule has 1 aromatic rings. The molecule has 0 aliphatic carbocycles. The molecule has 90 valence electrons. The summed E-state index contributed by atoms with van der Waals surface area (Å²) in [5.74, 6) is 1.21. The molecule has 0 saturated heterocycles. The lowest BCUT2D eigenvalue weighted by molar-refractivity contribution is 0.717. The summed E-state index contributed by atoms with van der Waals surface area (Å²) in [6, 6.07) is 6.56. The highest BCUT2D eigenvalue weighted by Gasteiger charge is 2.03. The maximum Gasteiger partial charge on any atom is 0.0216 e. The zero-order chi connectivity index (χ0) is 11.8. The van der Waals surface area contributed by atoms with Crippen molar-refractivity contribution in [2.24, 2.45) is 0 Å². The Morgan fingerprint density at radius 1 is 1.31 bits per heavy atom. The van der Waals surface area contributed by atoms with Crippen LogP contribution < -0.4 is 5.32 Å². The van der Waals surface area contributed by atoms with Crippen molar-refractivity contribution in [3.05, 3.63) is 28.2 Å². The van der Waals surface area contributed by atoms with Crippen LogP contribution in [0.5, 0.6) is 0 Å². The quantitative estimate of drug-likeness (QED) is 0.590. The molecule has 0 spiro atoms. The zero-order valence-electron chi connectivity index (χ0n) is 10.1. The molecule has 0 bridgehead atoms. The van der Waals surface area contributed by atoms with Crippen molar-refractivity contribution < 1.29 is 0 Å². The van der Waals surface area contributed by atoms with Gasteiger partial charge in [0.25, 0.3) is 0 Å². The van der Waals surface area contributed by atoms with E-state index in [0.29, 0.717) is 0 Å². The Balaban J connectivity index is 2.65. The van der Waals surface area contributed by atoms with E-state index in [0.717, 1.165) is 13.1 Å². The molecule has 0 unspecified atom stereocenters. The van der Waals surface area contributed by atoms with Gasteiger partial charge >= 0.3 is 0 Å². The van der Waals surface area contributed by atoms with Gasteiger partial charge in [-0.25, -0.2) is 0 Å². The predicted octanol–water partition coefficient (Wildman–Crippen LogP) is 4.45. The average Bonchev–Trinajstić information content (AvgIpc) is 2.28. The Kier molecular flexibility index (Phi) is 7.17. The van der Waals surface area contributed by atoms with Gasteiger partial charge in [0.1, 0.15) is 0 Å². The normalized spacial score (nSPS) is 10.7. The van der Waals surface area contributed by atoms with E-state index in [1.54, 1.807) is 0 Å². The van der Waals surface area contributed by atoms with Crippen LogP contribution in [0.4, 0.5) is 0 Å². The summed E-state index contributed by atoms with van der Waals surface area (Å²) in [6.07, 6.45) is 2.56. The molecule has 0 aliphatic heterocycles. The highest BCUT2D eigenvalue weighted by Crippen LogP contribution is 2.27. The lowest BCUT2D eigenvalue weighted by atomic mass is 10.2. The second-order valence-corrected chi connectivity index (χ2v) is 5.79. The van der Waals surface area contributed by atoms with Crippen molar-refractivity contribution in [2.45, 2.75) is 38.1 Å². The van der Waals surface area contributed by atoms with Gasteiger partial charge in [-0.15, -0.1) is 11.8 Å². The first-order valence-electron chi connectivity index (χ1n) is 5.89. The largest absolute Gasteiger partial charge is 0.313 e. The molecule has 1 rings (SSSR count). The molecule has 0 fully saturated rings. The molecule has 0 aliphatic rings. The van der Waals surface area contributed by atoms with Crippen LogP contribution in [-0.4, -0.2) is 12.3 Å². The molecule has 1 N–H and O–H groups in total. The summed E-state index contributed by atoms with van der Waals surface area (Å²) in [7, 11) is 0. The standard InChI is InChI=1S/C13H20BrNS/c1-3-5-8-16-13-9-12(14)7-6-11(13)10-15-4-2/h6-7,9,15H,3-5,8,10H2,1-2H3. The fourth-order valence-corrected chi connectivity index (χ4v) is 3.10. The van der Waals surface area contributed by atoms with E-state index >= 15 is 0 Å². The number of hydrogen-bond acceptors (Lipinski definition) is 2. The number of nitrogens with one attached hydrogen (secondary N) is 1. The Morgan fingerprint density at radius 2 is 2.12 bits per heavy atom. The number of halogens is 1. The van der Waals surface area contributed by atoms with Crippen molar-refractivity contribution in [2.75, 3.05) is 12.3 Å². The first-order valence-corrected chi connectivity index (χ1v) is 7.67. The van der Waals surface area contributed by atoms with Crippen molar-refractivity contribution in [1.82, 2.24) is 5.32 Å². The van der Waals surface area contributed by atoms with Crippen LogP contribution in [-0.2, 0) is 6.54 Å². The number of benzene rings is 1. The van der Waals surface area contributed by atoms with Gasteiger partial charge in [0, 0.05) is 15.9 Å². The molecule has 0 heterocycles. The lowest BCUT2D eigenvalue weighted by Gasteiger charge is -2.10. The molecule has 0 radical (unpaired) electrons. The molecule has 0 amide bonds. The Bertz CT molecular complexity index is 315. The SMILES string of the molecule is CCCCSc1cc(Br)ccc1CNCC. The number of rotatable bonds is 7. The van der Waals surface area contributed by atoms with Crippen molar-refractivity contribution in [3.8, 4) is 0 Å². The predicted molar refractivity (Wildman–Crippen MR) is 77.2 cm³/mol. The minimum atomic E-state index is 0.970. The number of thioether (sulfide) groups is 1. The van der Waals surface area contributed by atoms with Crippen LogP contribution in [0.1, 0.15) is 32.3 Å². The molecule has 1 nitrogen and oxygen atoms in total. The second kappa shape index (κ2) is 8.15. The van der Waals surface area contributed by atoms with Crippen LogP contribution in [0.15, 0.2) is 27.6 Å². The minimum absolute atomic E-state index is 0.970. The van der Waals surface area contributed by atoms with E-state index in [9.17, 15) is 0 Å². The smallest absolute Gasteiger partial charge is 0.0216 e. The number of hydrogen-bond donors (Lipinski definition) is 1. The first-order chi connectivity index (χ1) is 7.77. The van der Waals surface area contributed by atoms with Gasteiger partial charge in [0.2, 0.25) is 0 Å². The third kappa shape index (κ3) is 4.89. The van der Waals surface area contributed by atoms with E-state index in [-0.39, 0.29) is 0 Å². The minimum Gasteiger partial charge on any atom is -0.313 e. The van der Waals surface area contributed by atoms with E-state index in [2.05, 4.69) is 53.3 Å². The van der Waals surface area contributed by atoms with Crippen LogP contribution in [0.25, 0.3) is 0 Å². The summed E-state index contributed by atoms with van der Waals surface area (Å²) in [5.41, 5.74) is 1.41. The van der Waals surface area contributed by atoms with Gasteiger partial charge < -0.3 is 5.32 Å². The molecular weight excluding hydrogens is 282 g/mol. The van der Waals surface area contributed by atoms with Crippen molar-refractivity contribution in [3.63, 3.8) is 0 Å². The van der Waals surface area contributed by atoms with Crippen LogP contribution in [0, 0.1) is 0 Å². The highest BCUT2D eigenvalue weighted by molar-refractivity contribution is 9.10. The molecule has 3 heteroatoms. The topological polar surface area (TPSA) is 12.0 Å².